The van der Waals surface area contributed by atoms with Crippen LogP contribution in [0.15, 0.2) is 194 Å². The highest BCUT2D eigenvalue weighted by Gasteiger charge is 2.27. The number of hydrogen-bond donors (Lipinski definition) is 0. The Balaban J connectivity index is 1.34. The predicted octanol–water partition coefficient (Wildman–Crippen LogP) is 16.9. The van der Waals surface area contributed by atoms with Crippen LogP contribution in [0.4, 0.5) is 17.1 Å². The maximum absolute atomic E-state index is 2.61. The van der Waals surface area contributed by atoms with Gasteiger partial charge in [0.05, 0.1) is 5.69 Å². The van der Waals surface area contributed by atoms with Crippen LogP contribution in [0.25, 0.3) is 86.9 Å². The molecule has 0 heterocycles. The Kier molecular flexibility index (Phi) is 8.01. The lowest BCUT2D eigenvalue weighted by Gasteiger charge is -2.30. The highest BCUT2D eigenvalue weighted by molar-refractivity contribution is 6.41. The Hall–Kier alpha value is -6.96. The minimum absolute atomic E-state index is 0.532. The summed E-state index contributed by atoms with van der Waals surface area (Å²) in [5.41, 5.74) is 10.1. The second-order valence-electron chi connectivity index (χ2n) is 16.6. The molecule has 0 aliphatic heterocycles. The first-order valence-corrected chi connectivity index (χ1v) is 21.4. The SMILES string of the molecule is c1ccc(-c2c3cc4c(C5CCCCC5)ccc(N(c5ccccc5)c5ccccc5)c4cc3c(-c3ccccc3)c3c4cccc5ccc6cccc(c23)c6c54)cc1. The minimum atomic E-state index is 0.532. The summed E-state index contributed by atoms with van der Waals surface area (Å²) in [6.45, 7) is 0. The van der Waals surface area contributed by atoms with Crippen LogP contribution in [0, 0.1) is 0 Å². The molecule has 0 radical (unpaired) electrons. The zero-order chi connectivity index (χ0) is 38.9. The number of hydrogen-bond acceptors (Lipinski definition) is 1. The van der Waals surface area contributed by atoms with Crippen molar-refractivity contribution >= 4 is 81.7 Å². The lowest BCUT2D eigenvalue weighted by Crippen LogP contribution is -2.12. The van der Waals surface area contributed by atoms with E-state index in [1.165, 1.54) is 130 Å². The van der Waals surface area contributed by atoms with Crippen LogP contribution < -0.4 is 4.90 Å². The largest absolute Gasteiger partial charge is 0.310 e. The van der Waals surface area contributed by atoms with E-state index >= 15 is 0 Å². The average Bonchev–Trinajstić information content (AvgIpc) is 3.31. The average molecular weight is 754 g/mol. The third kappa shape index (κ3) is 5.38. The molecule has 11 aromatic rings. The molecule has 0 N–H and O–H groups in total. The van der Waals surface area contributed by atoms with E-state index in [1.54, 1.807) is 0 Å². The van der Waals surface area contributed by atoms with Gasteiger partial charge in [0.25, 0.3) is 0 Å². The van der Waals surface area contributed by atoms with Crippen LogP contribution in [0.1, 0.15) is 43.6 Å². The van der Waals surface area contributed by atoms with Gasteiger partial charge in [0.15, 0.2) is 0 Å². The van der Waals surface area contributed by atoms with Crippen molar-refractivity contribution < 1.29 is 0 Å². The third-order valence-corrected chi connectivity index (χ3v) is 13.3. The van der Waals surface area contributed by atoms with Gasteiger partial charge in [-0.15, -0.1) is 0 Å². The van der Waals surface area contributed by atoms with Crippen LogP contribution in [-0.2, 0) is 0 Å². The Morgan fingerprint density at radius 1 is 0.339 bits per heavy atom. The molecule has 12 rings (SSSR count). The smallest absolute Gasteiger partial charge is 0.0540 e. The summed E-state index contributed by atoms with van der Waals surface area (Å²) in [7, 11) is 0. The van der Waals surface area contributed by atoms with Gasteiger partial charge in [-0.2, -0.15) is 0 Å². The molecular weight excluding hydrogens is 711 g/mol. The van der Waals surface area contributed by atoms with Crippen molar-refractivity contribution in [3.05, 3.63) is 200 Å². The zero-order valence-corrected chi connectivity index (χ0v) is 33.0. The van der Waals surface area contributed by atoms with Crippen molar-refractivity contribution in [3.8, 4) is 22.3 Å². The van der Waals surface area contributed by atoms with Crippen LogP contribution >= 0.6 is 0 Å². The molecular formula is C58H43N. The van der Waals surface area contributed by atoms with Crippen LogP contribution in [0.5, 0.6) is 0 Å². The quantitative estimate of drug-likeness (QED) is 0.121. The van der Waals surface area contributed by atoms with E-state index in [2.05, 4.69) is 199 Å². The molecule has 0 bridgehead atoms. The van der Waals surface area contributed by atoms with Gasteiger partial charge in [0.2, 0.25) is 0 Å². The van der Waals surface area contributed by atoms with Gasteiger partial charge in [-0.3, -0.25) is 0 Å². The number of para-hydroxylation sites is 2. The maximum atomic E-state index is 2.61. The van der Waals surface area contributed by atoms with E-state index in [4.69, 9.17) is 0 Å². The van der Waals surface area contributed by atoms with Crippen molar-refractivity contribution in [1.29, 1.82) is 0 Å². The summed E-state index contributed by atoms with van der Waals surface area (Å²) < 4.78 is 0. The number of nitrogens with zero attached hydrogens (tertiary/aromatic N) is 1. The van der Waals surface area contributed by atoms with Crippen molar-refractivity contribution in [2.24, 2.45) is 0 Å². The topological polar surface area (TPSA) is 3.24 Å². The van der Waals surface area contributed by atoms with Gasteiger partial charge < -0.3 is 4.90 Å². The van der Waals surface area contributed by atoms with Crippen molar-refractivity contribution in [1.82, 2.24) is 0 Å². The van der Waals surface area contributed by atoms with Gasteiger partial charge in [-0.05, 0) is 148 Å². The molecule has 1 aliphatic carbocycles. The first-order chi connectivity index (χ1) is 29.3. The summed E-state index contributed by atoms with van der Waals surface area (Å²) in [6.07, 6.45) is 6.38. The molecule has 1 heteroatoms. The number of rotatable bonds is 6. The zero-order valence-electron chi connectivity index (χ0n) is 33.0. The Morgan fingerprint density at radius 2 is 0.814 bits per heavy atom. The molecule has 0 amide bonds. The molecule has 0 unspecified atom stereocenters. The molecule has 0 aromatic heterocycles. The van der Waals surface area contributed by atoms with Crippen LogP contribution in [0.2, 0.25) is 0 Å². The Morgan fingerprint density at radius 3 is 1.32 bits per heavy atom. The highest BCUT2D eigenvalue weighted by Crippen LogP contribution is 2.53. The Labute approximate surface area is 345 Å². The summed E-state index contributed by atoms with van der Waals surface area (Å²) in [5.74, 6) is 0.532. The molecule has 0 spiro atoms. The summed E-state index contributed by atoms with van der Waals surface area (Å²) in [4.78, 5) is 2.47. The lowest BCUT2D eigenvalue weighted by atomic mass is 9.78. The molecule has 1 nitrogen and oxygen atoms in total. The highest BCUT2D eigenvalue weighted by atomic mass is 15.1. The number of anilines is 3. The number of benzene rings is 11. The molecule has 1 saturated carbocycles. The second kappa shape index (κ2) is 13.9. The van der Waals surface area contributed by atoms with Crippen molar-refractivity contribution in [3.63, 3.8) is 0 Å². The second-order valence-corrected chi connectivity index (χ2v) is 16.6. The van der Waals surface area contributed by atoms with Gasteiger partial charge in [-0.25, -0.2) is 0 Å². The third-order valence-electron chi connectivity index (χ3n) is 13.3. The maximum Gasteiger partial charge on any atom is 0.0540 e. The van der Waals surface area contributed by atoms with Gasteiger partial charge in [-0.1, -0.05) is 171 Å². The summed E-state index contributed by atoms with van der Waals surface area (Å²) in [5, 5.41) is 15.8. The molecule has 0 saturated heterocycles. The summed E-state index contributed by atoms with van der Waals surface area (Å²) in [6, 6.07) is 72.8. The van der Waals surface area contributed by atoms with Crippen molar-refractivity contribution in [2.45, 2.75) is 38.0 Å². The predicted molar refractivity (Wildman–Crippen MR) is 254 cm³/mol. The molecule has 59 heavy (non-hydrogen) atoms. The fourth-order valence-corrected chi connectivity index (χ4v) is 10.8. The monoisotopic (exact) mass is 753 g/mol. The molecule has 0 atom stereocenters. The van der Waals surface area contributed by atoms with Crippen LogP contribution in [0.3, 0.4) is 0 Å². The van der Waals surface area contributed by atoms with Crippen LogP contribution in [-0.4, -0.2) is 0 Å². The minimum Gasteiger partial charge on any atom is -0.310 e. The van der Waals surface area contributed by atoms with E-state index in [9.17, 15) is 0 Å². The Bertz CT molecular complexity index is 3290. The molecule has 280 valence electrons. The normalized spacial score (nSPS) is 13.7. The first kappa shape index (κ1) is 34.1. The van der Waals surface area contributed by atoms with Gasteiger partial charge in [0, 0.05) is 16.8 Å². The van der Waals surface area contributed by atoms with E-state index in [-0.39, 0.29) is 0 Å². The van der Waals surface area contributed by atoms with Gasteiger partial charge in [0.1, 0.15) is 0 Å². The standard InChI is InChI=1S/C58H43N/c1-6-18-38(19-7-1)45-34-35-52(59(43-26-12-4-13-27-43)44-28-14-5-15-29-44)49-37-51-50(36-48(45)49)55(39-20-8-2-9-21-39)57-46-30-16-24-41-32-33-42-25-17-31-47(54(42)53(41)46)58(57)56(51)40-22-10-3-11-23-40/h2-5,8-17,20-38H,1,6-7,18-19H2. The van der Waals surface area contributed by atoms with E-state index in [1.807, 2.05) is 0 Å². The molecule has 11 aromatic carbocycles. The van der Waals surface area contributed by atoms with E-state index < -0.39 is 0 Å². The van der Waals surface area contributed by atoms with Gasteiger partial charge >= 0.3 is 0 Å². The van der Waals surface area contributed by atoms with Crippen molar-refractivity contribution in [2.75, 3.05) is 4.90 Å². The lowest BCUT2D eigenvalue weighted by molar-refractivity contribution is 0.445. The fourth-order valence-electron chi connectivity index (χ4n) is 10.8. The first-order valence-electron chi connectivity index (χ1n) is 21.4. The molecule has 1 aliphatic rings. The number of fused-ring (bicyclic) bond motifs is 5. The summed E-state index contributed by atoms with van der Waals surface area (Å²) >= 11 is 0. The van der Waals surface area contributed by atoms with E-state index in [0.29, 0.717) is 5.92 Å². The van der Waals surface area contributed by atoms with E-state index in [0.717, 1.165) is 11.4 Å². The fraction of sp³-hybridized carbons (Fsp3) is 0.103. The molecule has 1 fully saturated rings.